The van der Waals surface area contributed by atoms with Crippen molar-refractivity contribution in [1.29, 1.82) is 0 Å². The van der Waals surface area contributed by atoms with E-state index in [0.717, 1.165) is 16.7 Å². The second-order valence-corrected chi connectivity index (χ2v) is 7.70. The van der Waals surface area contributed by atoms with Crippen LogP contribution in [0.4, 0.5) is 0 Å². The van der Waals surface area contributed by atoms with Gasteiger partial charge in [-0.1, -0.05) is 35.5 Å². The van der Waals surface area contributed by atoms with Crippen molar-refractivity contribution in [1.82, 2.24) is 15.5 Å². The largest absolute Gasteiger partial charge is 0.493 e. The first-order valence-electron chi connectivity index (χ1n) is 9.06. The van der Waals surface area contributed by atoms with Gasteiger partial charge in [-0.25, -0.2) is 0 Å². The van der Waals surface area contributed by atoms with Crippen LogP contribution in [0, 0.1) is 6.92 Å². The lowest BCUT2D eigenvalue weighted by Crippen LogP contribution is -2.30. The van der Waals surface area contributed by atoms with Crippen LogP contribution in [0.2, 0.25) is 0 Å². The van der Waals surface area contributed by atoms with Crippen molar-refractivity contribution in [2.45, 2.75) is 30.9 Å². The zero-order valence-electron chi connectivity index (χ0n) is 16.8. The van der Waals surface area contributed by atoms with E-state index in [4.69, 9.17) is 13.9 Å². The molecule has 0 radical (unpaired) electrons. The first kappa shape index (κ1) is 20.7. The Morgan fingerprint density at radius 2 is 1.83 bits per heavy atom. The lowest BCUT2D eigenvalue weighted by Gasteiger charge is -2.12. The van der Waals surface area contributed by atoms with E-state index in [9.17, 15) is 4.79 Å². The van der Waals surface area contributed by atoms with E-state index in [1.54, 1.807) is 21.1 Å². The van der Waals surface area contributed by atoms with E-state index in [2.05, 4.69) is 15.5 Å². The van der Waals surface area contributed by atoms with Crippen LogP contribution >= 0.6 is 11.8 Å². The molecule has 8 heteroatoms. The molecule has 3 aromatic rings. The number of nitrogens with zero attached hydrogens (tertiary/aromatic N) is 2. The number of rotatable bonds is 8. The van der Waals surface area contributed by atoms with Crippen LogP contribution in [0.15, 0.2) is 52.1 Å². The van der Waals surface area contributed by atoms with Crippen LogP contribution in [0.5, 0.6) is 11.5 Å². The number of amides is 1. The molecule has 0 aliphatic rings. The maximum absolute atomic E-state index is 12.4. The maximum Gasteiger partial charge on any atom is 0.277 e. The summed E-state index contributed by atoms with van der Waals surface area (Å²) in [5, 5.41) is 11.0. The molecule has 1 N–H and O–H groups in total. The predicted molar refractivity (Wildman–Crippen MR) is 111 cm³/mol. The van der Waals surface area contributed by atoms with Gasteiger partial charge in [-0.05, 0) is 43.7 Å². The quantitative estimate of drug-likeness (QED) is 0.561. The fraction of sp³-hybridized carbons (Fsp3) is 0.286. The second-order valence-electron chi connectivity index (χ2n) is 6.41. The summed E-state index contributed by atoms with van der Waals surface area (Å²) in [5.41, 5.74) is 2.91. The number of nitrogens with one attached hydrogen (secondary N) is 1. The third kappa shape index (κ3) is 5.29. The Balaban J connectivity index is 1.56. The summed E-state index contributed by atoms with van der Waals surface area (Å²) in [5.74, 6) is 1.58. The molecule has 1 heterocycles. The summed E-state index contributed by atoms with van der Waals surface area (Å²) in [6.07, 6.45) is 0. The Hall–Kier alpha value is -3.00. The summed E-state index contributed by atoms with van der Waals surface area (Å²) in [7, 11) is 3.16. The van der Waals surface area contributed by atoms with Gasteiger partial charge in [0.25, 0.3) is 5.22 Å². The minimum atomic E-state index is -0.388. The van der Waals surface area contributed by atoms with Crippen molar-refractivity contribution in [2.24, 2.45) is 0 Å². The third-order valence-corrected chi connectivity index (χ3v) is 5.20. The number of hydrogen-bond acceptors (Lipinski definition) is 7. The first-order valence-corrected chi connectivity index (χ1v) is 9.94. The van der Waals surface area contributed by atoms with Crippen LogP contribution in [0.25, 0.3) is 11.5 Å². The third-order valence-electron chi connectivity index (χ3n) is 4.27. The van der Waals surface area contributed by atoms with Crippen molar-refractivity contribution in [3.05, 3.63) is 53.6 Å². The van der Waals surface area contributed by atoms with E-state index in [1.165, 1.54) is 11.8 Å². The summed E-state index contributed by atoms with van der Waals surface area (Å²) in [4.78, 5) is 12.4. The number of aromatic nitrogens is 2. The Labute approximate surface area is 173 Å². The molecule has 0 aliphatic carbocycles. The Bertz CT molecular complexity index is 972. The summed E-state index contributed by atoms with van der Waals surface area (Å²) in [6.45, 7) is 4.19. The van der Waals surface area contributed by atoms with Gasteiger partial charge in [0, 0.05) is 12.1 Å². The molecular weight excluding hydrogens is 390 g/mol. The van der Waals surface area contributed by atoms with Crippen LogP contribution in [0.3, 0.4) is 0 Å². The van der Waals surface area contributed by atoms with Crippen LogP contribution in [-0.2, 0) is 11.3 Å². The van der Waals surface area contributed by atoms with E-state index in [1.807, 2.05) is 49.4 Å². The molecule has 29 heavy (non-hydrogen) atoms. The number of hydrogen-bond donors (Lipinski definition) is 1. The summed E-state index contributed by atoms with van der Waals surface area (Å²) < 4.78 is 16.2. The second kappa shape index (κ2) is 9.47. The zero-order valence-corrected chi connectivity index (χ0v) is 17.6. The Morgan fingerprint density at radius 3 is 2.52 bits per heavy atom. The average Bonchev–Trinajstić information content (AvgIpc) is 3.20. The molecule has 0 saturated carbocycles. The standard InChI is InChI=1S/C21H23N3O4S/c1-13-5-8-16(9-6-13)20-23-24-21(28-20)29-14(2)19(25)22-12-15-7-10-17(26-3)18(11-15)27-4/h5-11,14H,12H2,1-4H3,(H,22,25)/t14-/m0/s1. The van der Waals surface area contributed by atoms with Crippen LogP contribution in [0.1, 0.15) is 18.1 Å². The molecular formula is C21H23N3O4S. The molecule has 1 aromatic heterocycles. The molecule has 2 aromatic carbocycles. The fourth-order valence-electron chi connectivity index (χ4n) is 2.60. The van der Waals surface area contributed by atoms with E-state index < -0.39 is 0 Å². The number of thioether (sulfide) groups is 1. The molecule has 152 valence electrons. The molecule has 0 bridgehead atoms. The molecule has 0 saturated heterocycles. The molecule has 0 fully saturated rings. The summed E-state index contributed by atoms with van der Waals surface area (Å²) >= 11 is 1.22. The van der Waals surface area contributed by atoms with E-state index in [-0.39, 0.29) is 11.2 Å². The van der Waals surface area contributed by atoms with E-state index in [0.29, 0.717) is 29.2 Å². The SMILES string of the molecule is COc1ccc(CNC(=O)[C@H](C)Sc2nnc(-c3ccc(C)cc3)o2)cc1OC. The van der Waals surface area contributed by atoms with Gasteiger partial charge in [-0.3, -0.25) is 4.79 Å². The van der Waals surface area contributed by atoms with Gasteiger partial charge < -0.3 is 19.2 Å². The van der Waals surface area contributed by atoms with Crippen LogP contribution < -0.4 is 14.8 Å². The maximum atomic E-state index is 12.4. The van der Waals surface area contributed by atoms with Crippen LogP contribution in [-0.4, -0.2) is 35.6 Å². The molecule has 7 nitrogen and oxygen atoms in total. The molecule has 0 unspecified atom stereocenters. The highest BCUT2D eigenvalue weighted by Crippen LogP contribution is 2.28. The van der Waals surface area contributed by atoms with Crippen molar-refractivity contribution >= 4 is 17.7 Å². The Morgan fingerprint density at radius 1 is 1.10 bits per heavy atom. The van der Waals surface area contributed by atoms with Gasteiger partial charge >= 0.3 is 0 Å². The van der Waals surface area contributed by atoms with Gasteiger partial charge in [0.05, 0.1) is 19.5 Å². The monoisotopic (exact) mass is 413 g/mol. The smallest absolute Gasteiger partial charge is 0.277 e. The predicted octanol–water partition coefficient (Wildman–Crippen LogP) is 3.86. The van der Waals surface area contributed by atoms with Gasteiger partial charge in [0.15, 0.2) is 11.5 Å². The fourth-order valence-corrected chi connectivity index (χ4v) is 3.31. The van der Waals surface area contributed by atoms with Crippen molar-refractivity contribution in [3.8, 4) is 23.0 Å². The lowest BCUT2D eigenvalue weighted by atomic mass is 10.1. The number of benzene rings is 2. The number of carbonyl (C=O) groups is 1. The molecule has 1 amide bonds. The van der Waals surface area contributed by atoms with Crippen molar-refractivity contribution < 1.29 is 18.7 Å². The Kier molecular flexibility index (Phi) is 6.77. The van der Waals surface area contributed by atoms with Crippen molar-refractivity contribution in [2.75, 3.05) is 14.2 Å². The number of aryl methyl sites for hydroxylation is 1. The van der Waals surface area contributed by atoms with Gasteiger partial charge in [0.2, 0.25) is 11.8 Å². The average molecular weight is 413 g/mol. The highest BCUT2D eigenvalue weighted by atomic mass is 32.2. The van der Waals surface area contributed by atoms with Gasteiger partial charge in [-0.2, -0.15) is 0 Å². The minimum Gasteiger partial charge on any atom is -0.493 e. The molecule has 1 atom stereocenters. The summed E-state index contributed by atoms with van der Waals surface area (Å²) in [6, 6.07) is 13.3. The molecule has 3 rings (SSSR count). The highest BCUT2D eigenvalue weighted by molar-refractivity contribution is 8.00. The highest BCUT2D eigenvalue weighted by Gasteiger charge is 2.19. The molecule has 0 spiro atoms. The lowest BCUT2D eigenvalue weighted by molar-refractivity contribution is -0.120. The van der Waals surface area contributed by atoms with Gasteiger partial charge in [0.1, 0.15) is 0 Å². The molecule has 0 aliphatic heterocycles. The first-order chi connectivity index (χ1) is 14.0. The number of methoxy groups -OCH3 is 2. The van der Waals surface area contributed by atoms with Crippen molar-refractivity contribution in [3.63, 3.8) is 0 Å². The number of ether oxygens (including phenoxy) is 2. The van der Waals surface area contributed by atoms with E-state index >= 15 is 0 Å². The topological polar surface area (TPSA) is 86.5 Å². The normalized spacial score (nSPS) is 11.7. The number of carbonyl (C=O) groups excluding carboxylic acids is 1. The van der Waals surface area contributed by atoms with Gasteiger partial charge in [-0.15, -0.1) is 10.2 Å². The zero-order chi connectivity index (χ0) is 20.8. The minimum absolute atomic E-state index is 0.125.